The van der Waals surface area contributed by atoms with Crippen LogP contribution in [0.1, 0.15) is 18.3 Å². The maximum absolute atomic E-state index is 11.6. The molecule has 0 N–H and O–H groups in total. The minimum absolute atomic E-state index is 0.0965. The first kappa shape index (κ1) is 12.2. The Balaban J connectivity index is 2.16. The number of nitrogens with zero attached hydrogens (tertiary/aromatic N) is 3. The second kappa shape index (κ2) is 4.35. The molecule has 0 aliphatic carbocycles. The SMILES string of the molecule is N#CCc1nc2ccccc2n1C1CCS(=O)(=O)C1. The van der Waals surface area contributed by atoms with Gasteiger partial charge in [0, 0.05) is 0 Å². The van der Waals surface area contributed by atoms with Crippen LogP contribution in [0, 0.1) is 11.3 Å². The third-order valence-corrected chi connectivity index (χ3v) is 5.23. The fraction of sp³-hybridized carbons (Fsp3) is 0.385. The number of fused-ring (bicyclic) bond motifs is 1. The number of para-hydroxylation sites is 2. The normalized spacial score (nSPS) is 21.5. The van der Waals surface area contributed by atoms with Crippen LogP contribution in [0.4, 0.5) is 0 Å². The molecule has 2 heterocycles. The predicted molar refractivity (Wildman–Crippen MR) is 71.4 cm³/mol. The minimum atomic E-state index is -2.95. The Hall–Kier alpha value is -1.87. The summed E-state index contributed by atoms with van der Waals surface area (Å²) in [5.41, 5.74) is 1.73. The van der Waals surface area contributed by atoms with Gasteiger partial charge in [0.2, 0.25) is 0 Å². The molecular formula is C13H13N3O2S. The van der Waals surface area contributed by atoms with Gasteiger partial charge in [0.1, 0.15) is 5.82 Å². The van der Waals surface area contributed by atoms with Crippen molar-refractivity contribution in [1.29, 1.82) is 5.26 Å². The number of imidazole rings is 1. The van der Waals surface area contributed by atoms with Crippen LogP contribution in [0.5, 0.6) is 0 Å². The molecule has 3 rings (SSSR count). The van der Waals surface area contributed by atoms with E-state index in [1.54, 1.807) is 0 Å². The number of benzene rings is 1. The highest BCUT2D eigenvalue weighted by atomic mass is 32.2. The number of rotatable bonds is 2. The monoisotopic (exact) mass is 275 g/mol. The van der Waals surface area contributed by atoms with Gasteiger partial charge in [0.05, 0.1) is 41.1 Å². The van der Waals surface area contributed by atoms with Gasteiger partial charge in [0.15, 0.2) is 9.84 Å². The summed E-state index contributed by atoms with van der Waals surface area (Å²) in [5, 5.41) is 8.89. The van der Waals surface area contributed by atoms with Crippen molar-refractivity contribution in [3.63, 3.8) is 0 Å². The van der Waals surface area contributed by atoms with Crippen molar-refractivity contribution in [2.45, 2.75) is 18.9 Å². The molecule has 1 aromatic heterocycles. The molecule has 1 aliphatic heterocycles. The molecule has 1 saturated heterocycles. The molecule has 1 unspecified atom stereocenters. The Morgan fingerprint density at radius 3 is 2.89 bits per heavy atom. The predicted octanol–water partition coefficient (Wildman–Crippen LogP) is 1.46. The highest BCUT2D eigenvalue weighted by Crippen LogP contribution is 2.29. The van der Waals surface area contributed by atoms with Gasteiger partial charge in [0.25, 0.3) is 0 Å². The van der Waals surface area contributed by atoms with Crippen molar-refractivity contribution in [3.05, 3.63) is 30.1 Å². The molecule has 0 radical (unpaired) electrons. The van der Waals surface area contributed by atoms with E-state index in [0.717, 1.165) is 11.0 Å². The van der Waals surface area contributed by atoms with E-state index in [0.29, 0.717) is 12.2 Å². The molecule has 1 aromatic carbocycles. The van der Waals surface area contributed by atoms with Crippen LogP contribution in [-0.4, -0.2) is 29.5 Å². The molecule has 1 aliphatic rings. The Morgan fingerprint density at radius 1 is 1.42 bits per heavy atom. The smallest absolute Gasteiger partial charge is 0.152 e. The van der Waals surface area contributed by atoms with E-state index in [-0.39, 0.29) is 24.0 Å². The fourth-order valence-electron chi connectivity index (χ4n) is 2.68. The van der Waals surface area contributed by atoms with Crippen LogP contribution < -0.4 is 0 Å². The third-order valence-electron chi connectivity index (χ3n) is 3.48. The maximum atomic E-state index is 11.6. The highest BCUT2D eigenvalue weighted by Gasteiger charge is 2.31. The quantitative estimate of drug-likeness (QED) is 0.831. The van der Waals surface area contributed by atoms with Crippen LogP contribution in [-0.2, 0) is 16.3 Å². The van der Waals surface area contributed by atoms with Crippen LogP contribution in [0.15, 0.2) is 24.3 Å². The lowest BCUT2D eigenvalue weighted by molar-refractivity contribution is 0.552. The Bertz CT molecular complexity index is 771. The van der Waals surface area contributed by atoms with Crippen molar-refractivity contribution < 1.29 is 8.42 Å². The van der Waals surface area contributed by atoms with Crippen molar-refractivity contribution in [3.8, 4) is 6.07 Å². The lowest BCUT2D eigenvalue weighted by atomic mass is 10.2. The number of sulfone groups is 1. The molecule has 98 valence electrons. The Kier molecular flexibility index (Phi) is 2.79. The average molecular weight is 275 g/mol. The van der Waals surface area contributed by atoms with Crippen LogP contribution in [0.3, 0.4) is 0 Å². The van der Waals surface area contributed by atoms with E-state index >= 15 is 0 Å². The molecule has 0 saturated carbocycles. The van der Waals surface area contributed by atoms with Gasteiger partial charge >= 0.3 is 0 Å². The first-order valence-electron chi connectivity index (χ1n) is 6.14. The van der Waals surface area contributed by atoms with E-state index < -0.39 is 9.84 Å². The summed E-state index contributed by atoms with van der Waals surface area (Å²) in [6, 6.07) is 9.60. The summed E-state index contributed by atoms with van der Waals surface area (Å²) in [7, 11) is -2.95. The van der Waals surface area contributed by atoms with Crippen molar-refractivity contribution in [2.24, 2.45) is 0 Å². The molecule has 1 fully saturated rings. The van der Waals surface area contributed by atoms with Gasteiger partial charge in [-0.05, 0) is 18.6 Å². The topological polar surface area (TPSA) is 75.8 Å². The Labute approximate surface area is 111 Å². The molecule has 0 amide bonds. The largest absolute Gasteiger partial charge is 0.323 e. The molecule has 19 heavy (non-hydrogen) atoms. The van der Waals surface area contributed by atoms with E-state index in [4.69, 9.17) is 5.26 Å². The zero-order chi connectivity index (χ0) is 13.5. The zero-order valence-electron chi connectivity index (χ0n) is 10.3. The van der Waals surface area contributed by atoms with Crippen molar-refractivity contribution >= 4 is 20.9 Å². The Morgan fingerprint density at radius 2 is 2.21 bits per heavy atom. The van der Waals surface area contributed by atoms with Gasteiger partial charge in [-0.15, -0.1) is 0 Å². The summed E-state index contributed by atoms with van der Waals surface area (Å²) in [4.78, 5) is 4.44. The van der Waals surface area contributed by atoms with Gasteiger partial charge in [-0.1, -0.05) is 12.1 Å². The van der Waals surface area contributed by atoms with Gasteiger partial charge < -0.3 is 4.57 Å². The van der Waals surface area contributed by atoms with E-state index in [9.17, 15) is 8.42 Å². The maximum Gasteiger partial charge on any atom is 0.152 e. The summed E-state index contributed by atoms with van der Waals surface area (Å²) >= 11 is 0. The fourth-order valence-corrected chi connectivity index (χ4v) is 4.38. The van der Waals surface area contributed by atoms with Crippen molar-refractivity contribution in [1.82, 2.24) is 9.55 Å². The second-order valence-corrected chi connectivity index (χ2v) is 7.01. The average Bonchev–Trinajstić information content (AvgIpc) is 2.89. The van der Waals surface area contributed by atoms with Gasteiger partial charge in [-0.25, -0.2) is 13.4 Å². The van der Waals surface area contributed by atoms with Crippen LogP contribution >= 0.6 is 0 Å². The lowest BCUT2D eigenvalue weighted by Gasteiger charge is -2.14. The van der Waals surface area contributed by atoms with Crippen LogP contribution in [0.25, 0.3) is 11.0 Å². The van der Waals surface area contributed by atoms with Gasteiger partial charge in [-0.3, -0.25) is 0 Å². The highest BCUT2D eigenvalue weighted by molar-refractivity contribution is 7.91. The van der Waals surface area contributed by atoms with Gasteiger partial charge in [-0.2, -0.15) is 5.26 Å². The second-order valence-electron chi connectivity index (χ2n) is 4.78. The minimum Gasteiger partial charge on any atom is -0.323 e. The van der Waals surface area contributed by atoms with Crippen molar-refractivity contribution in [2.75, 3.05) is 11.5 Å². The molecule has 2 aromatic rings. The summed E-state index contributed by atoms with van der Waals surface area (Å²) in [5.74, 6) is 1.02. The molecule has 6 heteroatoms. The van der Waals surface area contributed by atoms with E-state index in [1.807, 2.05) is 28.8 Å². The van der Waals surface area contributed by atoms with E-state index in [2.05, 4.69) is 11.1 Å². The molecule has 0 spiro atoms. The summed E-state index contributed by atoms with van der Waals surface area (Å²) < 4.78 is 25.2. The first-order chi connectivity index (χ1) is 9.11. The standard InChI is InChI=1S/C13H13N3O2S/c14-7-5-13-15-11-3-1-2-4-12(11)16(13)10-6-8-19(17,18)9-10/h1-4,10H,5-6,8-9H2. The number of hydrogen-bond donors (Lipinski definition) is 0. The molecule has 1 atom stereocenters. The summed E-state index contributed by atoms with van der Waals surface area (Å²) in [6.07, 6.45) is 0.798. The molecule has 0 bridgehead atoms. The number of aromatic nitrogens is 2. The zero-order valence-corrected chi connectivity index (χ0v) is 11.1. The number of nitriles is 1. The first-order valence-corrected chi connectivity index (χ1v) is 7.96. The van der Waals surface area contributed by atoms with Crippen LogP contribution in [0.2, 0.25) is 0 Å². The third kappa shape index (κ3) is 2.10. The molecule has 5 nitrogen and oxygen atoms in total. The number of hydrogen-bond acceptors (Lipinski definition) is 4. The van der Waals surface area contributed by atoms with E-state index in [1.165, 1.54) is 0 Å². The molecular weight excluding hydrogens is 262 g/mol. The lowest BCUT2D eigenvalue weighted by Crippen LogP contribution is -2.13. The summed E-state index contributed by atoms with van der Waals surface area (Å²) in [6.45, 7) is 0.